The highest BCUT2D eigenvalue weighted by molar-refractivity contribution is 9.10. The molecule has 0 aromatic carbocycles. The van der Waals surface area contributed by atoms with Crippen LogP contribution in [0.2, 0.25) is 5.15 Å². The van der Waals surface area contributed by atoms with Crippen LogP contribution in [-0.2, 0) is 0 Å². The number of anilines is 1. The summed E-state index contributed by atoms with van der Waals surface area (Å²) in [7, 11) is 0. The van der Waals surface area contributed by atoms with Crippen molar-refractivity contribution in [2.45, 2.75) is 0 Å². The van der Waals surface area contributed by atoms with Crippen LogP contribution in [0, 0.1) is 5.95 Å². The zero-order valence-electron chi connectivity index (χ0n) is 8.82. The third kappa shape index (κ3) is 3.02. The van der Waals surface area contributed by atoms with E-state index in [9.17, 15) is 9.18 Å². The zero-order chi connectivity index (χ0) is 13.1. The molecular weight excluding hydrogens is 324 g/mol. The Labute approximate surface area is 115 Å². The molecule has 0 bridgehead atoms. The van der Waals surface area contributed by atoms with E-state index in [1.165, 1.54) is 18.3 Å². The summed E-state index contributed by atoms with van der Waals surface area (Å²) in [6.45, 7) is 0. The van der Waals surface area contributed by atoms with Gasteiger partial charge in [-0.05, 0) is 34.1 Å². The van der Waals surface area contributed by atoms with E-state index >= 15 is 0 Å². The van der Waals surface area contributed by atoms with Gasteiger partial charge in [-0.2, -0.15) is 4.39 Å². The fraction of sp³-hybridized carbons (Fsp3) is 0. The molecule has 18 heavy (non-hydrogen) atoms. The van der Waals surface area contributed by atoms with E-state index in [1.807, 2.05) is 0 Å². The van der Waals surface area contributed by atoms with Crippen molar-refractivity contribution in [2.75, 3.05) is 5.32 Å². The first-order chi connectivity index (χ1) is 8.56. The highest BCUT2D eigenvalue weighted by Gasteiger charge is 2.09. The van der Waals surface area contributed by atoms with E-state index in [4.69, 9.17) is 11.6 Å². The van der Waals surface area contributed by atoms with Crippen molar-refractivity contribution in [1.82, 2.24) is 9.97 Å². The van der Waals surface area contributed by atoms with Gasteiger partial charge in [0.15, 0.2) is 0 Å². The first-order valence-electron chi connectivity index (χ1n) is 4.81. The number of nitrogens with zero attached hydrogens (tertiary/aromatic N) is 2. The van der Waals surface area contributed by atoms with Gasteiger partial charge in [0.05, 0.1) is 16.4 Å². The van der Waals surface area contributed by atoms with Gasteiger partial charge < -0.3 is 5.32 Å². The minimum absolute atomic E-state index is 0.0129. The first-order valence-corrected chi connectivity index (χ1v) is 5.98. The molecule has 0 unspecified atom stereocenters. The molecule has 2 heterocycles. The molecule has 92 valence electrons. The lowest BCUT2D eigenvalue weighted by Gasteiger charge is -2.05. The van der Waals surface area contributed by atoms with Crippen molar-refractivity contribution >= 4 is 39.1 Å². The summed E-state index contributed by atoms with van der Waals surface area (Å²) < 4.78 is 13.4. The number of pyridine rings is 2. The third-order valence-electron chi connectivity index (χ3n) is 2.00. The summed E-state index contributed by atoms with van der Waals surface area (Å²) in [5.41, 5.74) is 0.420. The van der Waals surface area contributed by atoms with Gasteiger partial charge in [-0.3, -0.25) is 4.79 Å². The molecule has 2 aromatic heterocycles. The van der Waals surface area contributed by atoms with Gasteiger partial charge in [-0.15, -0.1) is 0 Å². The second-order valence-electron chi connectivity index (χ2n) is 3.30. The Hall–Kier alpha value is -1.53. The van der Waals surface area contributed by atoms with Crippen molar-refractivity contribution in [3.63, 3.8) is 0 Å². The number of carbonyl (C=O) groups excluding carboxylic acids is 1. The fourth-order valence-corrected chi connectivity index (χ4v) is 1.67. The average molecular weight is 331 g/mol. The highest BCUT2D eigenvalue weighted by Crippen LogP contribution is 2.23. The largest absolute Gasteiger partial charge is 0.319 e. The molecule has 2 aromatic rings. The Kier molecular flexibility index (Phi) is 3.88. The SMILES string of the molecule is O=C(Nc1cnc(Cl)c(Br)c1)c1cccc(F)n1. The van der Waals surface area contributed by atoms with Gasteiger partial charge in [0.25, 0.3) is 5.91 Å². The summed E-state index contributed by atoms with van der Waals surface area (Å²) in [5.74, 6) is -1.23. The lowest BCUT2D eigenvalue weighted by Crippen LogP contribution is -2.14. The van der Waals surface area contributed by atoms with Crippen LogP contribution >= 0.6 is 27.5 Å². The van der Waals surface area contributed by atoms with Gasteiger partial charge in [0.1, 0.15) is 10.8 Å². The molecule has 0 atom stereocenters. The molecule has 0 aliphatic carbocycles. The van der Waals surface area contributed by atoms with Crippen molar-refractivity contribution in [3.8, 4) is 0 Å². The van der Waals surface area contributed by atoms with Crippen LogP contribution in [0.3, 0.4) is 0 Å². The van der Waals surface area contributed by atoms with E-state index in [1.54, 1.807) is 6.07 Å². The Morgan fingerprint density at radius 1 is 1.44 bits per heavy atom. The molecule has 1 amide bonds. The molecule has 0 spiro atoms. The van der Waals surface area contributed by atoms with Crippen molar-refractivity contribution in [3.05, 3.63) is 51.7 Å². The lowest BCUT2D eigenvalue weighted by molar-refractivity contribution is 0.102. The normalized spacial score (nSPS) is 10.2. The maximum atomic E-state index is 12.9. The Bertz CT molecular complexity index is 609. The standard InChI is InChI=1S/C11H6BrClFN3O/c12-7-4-6(5-15-10(7)13)16-11(18)8-2-1-3-9(14)17-8/h1-5H,(H,16,18). The number of carbonyl (C=O) groups is 1. The highest BCUT2D eigenvalue weighted by atomic mass is 79.9. The smallest absolute Gasteiger partial charge is 0.274 e. The quantitative estimate of drug-likeness (QED) is 0.860. The number of hydrogen-bond acceptors (Lipinski definition) is 3. The van der Waals surface area contributed by atoms with Gasteiger partial charge >= 0.3 is 0 Å². The van der Waals surface area contributed by atoms with E-state index in [0.29, 0.717) is 10.2 Å². The summed E-state index contributed by atoms with van der Waals surface area (Å²) >= 11 is 8.90. The molecule has 0 fully saturated rings. The van der Waals surface area contributed by atoms with Gasteiger partial charge in [0, 0.05) is 0 Å². The fourth-order valence-electron chi connectivity index (χ4n) is 1.22. The second kappa shape index (κ2) is 5.41. The minimum atomic E-state index is -0.710. The molecule has 0 saturated carbocycles. The summed E-state index contributed by atoms with van der Waals surface area (Å²) in [4.78, 5) is 19.1. The number of hydrogen-bond donors (Lipinski definition) is 1. The molecular formula is C11H6BrClFN3O. The molecule has 0 saturated heterocycles. The number of aromatic nitrogens is 2. The lowest BCUT2D eigenvalue weighted by atomic mass is 10.3. The number of nitrogens with one attached hydrogen (secondary N) is 1. The van der Waals surface area contributed by atoms with Crippen molar-refractivity contribution in [1.29, 1.82) is 0 Å². The minimum Gasteiger partial charge on any atom is -0.319 e. The maximum absolute atomic E-state index is 12.9. The Balaban J connectivity index is 2.18. The van der Waals surface area contributed by atoms with E-state index in [0.717, 1.165) is 6.07 Å². The van der Waals surface area contributed by atoms with Crippen LogP contribution in [0.5, 0.6) is 0 Å². The van der Waals surface area contributed by atoms with Crippen LogP contribution in [0.25, 0.3) is 0 Å². The monoisotopic (exact) mass is 329 g/mol. The van der Waals surface area contributed by atoms with E-state index in [2.05, 4.69) is 31.2 Å². The molecule has 0 aliphatic heterocycles. The van der Waals surface area contributed by atoms with Crippen LogP contribution < -0.4 is 5.32 Å². The number of halogens is 3. The van der Waals surface area contributed by atoms with Gasteiger partial charge in [-0.1, -0.05) is 17.7 Å². The second-order valence-corrected chi connectivity index (χ2v) is 4.51. The van der Waals surface area contributed by atoms with Gasteiger partial charge in [-0.25, -0.2) is 9.97 Å². The topological polar surface area (TPSA) is 54.9 Å². The summed E-state index contributed by atoms with van der Waals surface area (Å²) in [5, 5.41) is 2.82. The van der Waals surface area contributed by atoms with Crippen LogP contribution in [0.4, 0.5) is 10.1 Å². The molecule has 4 nitrogen and oxygen atoms in total. The first kappa shape index (κ1) is 12.9. The summed E-state index contributed by atoms with van der Waals surface area (Å²) in [6.07, 6.45) is 1.39. The van der Waals surface area contributed by atoms with Crippen molar-refractivity contribution in [2.24, 2.45) is 0 Å². The van der Waals surface area contributed by atoms with Crippen molar-refractivity contribution < 1.29 is 9.18 Å². The predicted octanol–water partition coefficient (Wildman–Crippen LogP) is 3.28. The van der Waals surface area contributed by atoms with E-state index < -0.39 is 11.9 Å². The maximum Gasteiger partial charge on any atom is 0.274 e. The molecule has 2 rings (SSSR count). The van der Waals surface area contributed by atoms with Crippen LogP contribution in [0.1, 0.15) is 10.5 Å². The summed E-state index contributed by atoms with van der Waals surface area (Å²) in [6, 6.07) is 5.58. The van der Waals surface area contributed by atoms with E-state index in [-0.39, 0.29) is 10.8 Å². The average Bonchev–Trinajstić information content (AvgIpc) is 2.34. The Morgan fingerprint density at radius 2 is 2.22 bits per heavy atom. The molecule has 7 heteroatoms. The molecule has 0 aliphatic rings. The zero-order valence-corrected chi connectivity index (χ0v) is 11.2. The molecule has 1 N–H and O–H groups in total. The number of amides is 1. The predicted molar refractivity (Wildman–Crippen MR) is 69.1 cm³/mol. The van der Waals surface area contributed by atoms with Gasteiger partial charge in [0.2, 0.25) is 5.95 Å². The Morgan fingerprint density at radius 3 is 2.89 bits per heavy atom. The third-order valence-corrected chi connectivity index (χ3v) is 3.14. The van der Waals surface area contributed by atoms with Crippen LogP contribution in [0.15, 0.2) is 34.9 Å². The molecule has 0 radical (unpaired) electrons. The number of rotatable bonds is 2. The van der Waals surface area contributed by atoms with Crippen LogP contribution in [-0.4, -0.2) is 15.9 Å².